The van der Waals surface area contributed by atoms with Crippen molar-refractivity contribution in [2.75, 3.05) is 19.8 Å². The van der Waals surface area contributed by atoms with Gasteiger partial charge in [-0.1, -0.05) is 6.07 Å². The molecule has 0 saturated carbocycles. The number of nitrogens with one attached hydrogen (secondary N) is 1. The summed E-state index contributed by atoms with van der Waals surface area (Å²) in [5.41, 5.74) is 1.26. The highest BCUT2D eigenvalue weighted by molar-refractivity contribution is 5.30. The molecule has 0 aliphatic carbocycles. The predicted molar refractivity (Wildman–Crippen MR) is 62.0 cm³/mol. The highest BCUT2D eigenvalue weighted by atomic mass is 19.4. The SMILES string of the molecule is NNC(c1ccc(F)c(C(F)(F)F)c1)C1COCCO1. The van der Waals surface area contributed by atoms with Gasteiger partial charge in [-0.25, -0.2) is 4.39 Å². The number of halogens is 4. The van der Waals surface area contributed by atoms with E-state index in [0.717, 1.165) is 12.1 Å². The zero-order valence-electron chi connectivity index (χ0n) is 10.4. The van der Waals surface area contributed by atoms with E-state index in [1.54, 1.807) is 0 Å². The number of alkyl halides is 3. The summed E-state index contributed by atoms with van der Waals surface area (Å²) < 4.78 is 61.9. The first-order chi connectivity index (χ1) is 9.43. The fourth-order valence-corrected chi connectivity index (χ4v) is 2.07. The van der Waals surface area contributed by atoms with E-state index in [1.807, 2.05) is 0 Å². The summed E-state index contributed by atoms with van der Waals surface area (Å²) in [5.74, 6) is 4.05. The molecule has 0 spiro atoms. The van der Waals surface area contributed by atoms with Crippen molar-refractivity contribution in [1.82, 2.24) is 5.43 Å². The maximum Gasteiger partial charge on any atom is 0.419 e. The maximum absolute atomic E-state index is 13.2. The predicted octanol–water partition coefficient (Wildman–Crippen LogP) is 1.76. The van der Waals surface area contributed by atoms with Crippen molar-refractivity contribution in [2.45, 2.75) is 18.3 Å². The topological polar surface area (TPSA) is 56.5 Å². The summed E-state index contributed by atoms with van der Waals surface area (Å²) in [6.45, 7) is 0.953. The lowest BCUT2D eigenvalue weighted by molar-refractivity contribution is -0.140. The van der Waals surface area contributed by atoms with Gasteiger partial charge in [0, 0.05) is 0 Å². The molecule has 1 heterocycles. The standard InChI is InChI=1S/C12H14F4N2O2/c13-9-2-1-7(5-8(9)12(14,15)16)11(18-17)10-6-19-3-4-20-10/h1-2,5,10-11,18H,3-4,6,17H2. The zero-order valence-corrected chi connectivity index (χ0v) is 10.4. The van der Waals surface area contributed by atoms with Crippen molar-refractivity contribution in [1.29, 1.82) is 0 Å². The second-order valence-electron chi connectivity index (χ2n) is 4.37. The van der Waals surface area contributed by atoms with Gasteiger partial charge in [-0.2, -0.15) is 13.2 Å². The van der Waals surface area contributed by atoms with Crippen LogP contribution in [0.1, 0.15) is 17.2 Å². The second-order valence-corrected chi connectivity index (χ2v) is 4.37. The fraction of sp³-hybridized carbons (Fsp3) is 0.500. The molecule has 1 aliphatic rings. The molecule has 1 saturated heterocycles. The molecular formula is C12H14F4N2O2. The van der Waals surface area contributed by atoms with E-state index in [9.17, 15) is 17.6 Å². The monoisotopic (exact) mass is 294 g/mol. The number of ether oxygens (including phenoxy) is 2. The second kappa shape index (κ2) is 6.04. The molecular weight excluding hydrogens is 280 g/mol. The third-order valence-corrected chi connectivity index (χ3v) is 3.05. The zero-order chi connectivity index (χ0) is 14.8. The molecule has 0 amide bonds. The number of benzene rings is 1. The van der Waals surface area contributed by atoms with Crippen LogP contribution in [0.4, 0.5) is 17.6 Å². The summed E-state index contributed by atoms with van der Waals surface area (Å²) in [6, 6.07) is 2.04. The normalized spacial score (nSPS) is 21.8. The molecule has 1 fully saturated rings. The van der Waals surface area contributed by atoms with Crippen molar-refractivity contribution in [3.05, 3.63) is 35.1 Å². The van der Waals surface area contributed by atoms with Crippen LogP contribution in [0, 0.1) is 5.82 Å². The molecule has 0 aromatic heterocycles. The molecule has 112 valence electrons. The van der Waals surface area contributed by atoms with Crippen LogP contribution in [0.5, 0.6) is 0 Å². The van der Waals surface area contributed by atoms with Crippen LogP contribution in [0.3, 0.4) is 0 Å². The summed E-state index contributed by atoms with van der Waals surface area (Å²) in [4.78, 5) is 0. The molecule has 2 rings (SSSR count). The average Bonchev–Trinajstić information content (AvgIpc) is 2.41. The smallest absolute Gasteiger partial charge is 0.376 e. The summed E-state index contributed by atoms with van der Waals surface area (Å²) in [7, 11) is 0. The first kappa shape index (κ1) is 15.2. The van der Waals surface area contributed by atoms with Crippen LogP contribution in [0.2, 0.25) is 0 Å². The molecule has 0 bridgehead atoms. The third kappa shape index (κ3) is 3.26. The quantitative estimate of drug-likeness (QED) is 0.507. The Morgan fingerprint density at radius 2 is 2.05 bits per heavy atom. The fourth-order valence-electron chi connectivity index (χ4n) is 2.07. The lowest BCUT2D eigenvalue weighted by atomic mass is 9.99. The van der Waals surface area contributed by atoms with Gasteiger partial charge in [-0.3, -0.25) is 11.3 Å². The molecule has 1 aromatic carbocycles. The number of hydrogen-bond donors (Lipinski definition) is 2. The van der Waals surface area contributed by atoms with Gasteiger partial charge in [0.2, 0.25) is 0 Å². The maximum atomic E-state index is 13.2. The van der Waals surface area contributed by atoms with Gasteiger partial charge in [0.15, 0.2) is 0 Å². The summed E-state index contributed by atoms with van der Waals surface area (Å²) in [6.07, 6.45) is -5.29. The molecule has 8 heteroatoms. The van der Waals surface area contributed by atoms with Crippen LogP contribution in [0.15, 0.2) is 18.2 Å². The lowest BCUT2D eigenvalue weighted by Gasteiger charge is -2.30. The number of nitrogens with two attached hydrogens (primary N) is 1. The van der Waals surface area contributed by atoms with E-state index >= 15 is 0 Å². The molecule has 0 radical (unpaired) electrons. The Kier molecular flexibility index (Phi) is 4.59. The Labute approximate surface area is 112 Å². The van der Waals surface area contributed by atoms with Crippen LogP contribution >= 0.6 is 0 Å². The third-order valence-electron chi connectivity index (χ3n) is 3.05. The Balaban J connectivity index is 2.30. The molecule has 1 aliphatic heterocycles. The van der Waals surface area contributed by atoms with E-state index < -0.39 is 29.7 Å². The minimum atomic E-state index is -4.76. The Morgan fingerprint density at radius 3 is 2.60 bits per heavy atom. The van der Waals surface area contributed by atoms with Crippen LogP contribution in [-0.2, 0) is 15.7 Å². The largest absolute Gasteiger partial charge is 0.419 e. The van der Waals surface area contributed by atoms with Crippen molar-refractivity contribution in [3.8, 4) is 0 Å². The first-order valence-corrected chi connectivity index (χ1v) is 5.95. The summed E-state index contributed by atoms with van der Waals surface area (Å²) in [5, 5.41) is 0. The van der Waals surface area contributed by atoms with Gasteiger partial charge in [0.25, 0.3) is 0 Å². The van der Waals surface area contributed by atoms with Gasteiger partial charge in [0.1, 0.15) is 11.9 Å². The average molecular weight is 294 g/mol. The summed E-state index contributed by atoms with van der Waals surface area (Å²) >= 11 is 0. The Bertz CT molecular complexity index is 461. The van der Waals surface area contributed by atoms with Crippen molar-refractivity contribution in [3.63, 3.8) is 0 Å². The number of hydrogen-bond acceptors (Lipinski definition) is 4. The minimum absolute atomic E-state index is 0.191. The van der Waals surface area contributed by atoms with E-state index in [4.69, 9.17) is 15.3 Å². The number of hydrazine groups is 1. The van der Waals surface area contributed by atoms with E-state index in [1.165, 1.54) is 6.07 Å². The Hall–Kier alpha value is -1.22. The number of rotatable bonds is 3. The molecule has 2 atom stereocenters. The van der Waals surface area contributed by atoms with Gasteiger partial charge in [-0.05, 0) is 17.7 Å². The van der Waals surface area contributed by atoms with Crippen LogP contribution in [0.25, 0.3) is 0 Å². The van der Waals surface area contributed by atoms with Gasteiger partial charge >= 0.3 is 6.18 Å². The first-order valence-electron chi connectivity index (χ1n) is 5.95. The molecule has 3 N–H and O–H groups in total. The van der Waals surface area contributed by atoms with Crippen molar-refractivity contribution in [2.24, 2.45) is 5.84 Å². The minimum Gasteiger partial charge on any atom is -0.376 e. The highest BCUT2D eigenvalue weighted by Crippen LogP contribution is 2.33. The van der Waals surface area contributed by atoms with Crippen LogP contribution in [-0.4, -0.2) is 25.9 Å². The van der Waals surface area contributed by atoms with Gasteiger partial charge in [0.05, 0.1) is 31.4 Å². The Morgan fingerprint density at radius 1 is 1.30 bits per heavy atom. The van der Waals surface area contributed by atoms with E-state index in [2.05, 4.69) is 5.43 Å². The molecule has 20 heavy (non-hydrogen) atoms. The van der Waals surface area contributed by atoms with Crippen molar-refractivity contribution >= 4 is 0 Å². The van der Waals surface area contributed by atoms with Crippen LogP contribution < -0.4 is 11.3 Å². The molecule has 2 unspecified atom stereocenters. The van der Waals surface area contributed by atoms with Crippen molar-refractivity contribution < 1.29 is 27.0 Å². The molecule has 4 nitrogen and oxygen atoms in total. The van der Waals surface area contributed by atoms with Gasteiger partial charge in [-0.15, -0.1) is 0 Å². The van der Waals surface area contributed by atoms with E-state index in [-0.39, 0.29) is 12.2 Å². The molecule has 1 aromatic rings. The van der Waals surface area contributed by atoms with E-state index in [0.29, 0.717) is 13.2 Å². The van der Waals surface area contributed by atoms with Gasteiger partial charge < -0.3 is 9.47 Å². The lowest BCUT2D eigenvalue weighted by Crippen LogP contribution is -2.43. The highest BCUT2D eigenvalue weighted by Gasteiger charge is 2.35.